The van der Waals surface area contributed by atoms with Gasteiger partial charge in [0.2, 0.25) is 0 Å². The van der Waals surface area contributed by atoms with E-state index < -0.39 is 0 Å². The number of hydrogen-bond acceptors (Lipinski definition) is 2. The van der Waals surface area contributed by atoms with Crippen LogP contribution >= 0.6 is 0 Å². The van der Waals surface area contributed by atoms with Crippen molar-refractivity contribution in [3.05, 3.63) is 59.2 Å². The van der Waals surface area contributed by atoms with Gasteiger partial charge in [-0.05, 0) is 36.1 Å². The number of hydrogen-bond donors (Lipinski definition) is 1. The number of ether oxygens (including phenoxy) is 1. The monoisotopic (exact) mass is 269 g/mol. The molecule has 0 spiro atoms. The predicted molar refractivity (Wildman–Crippen MR) is 85.6 cm³/mol. The second-order valence-electron chi connectivity index (χ2n) is 5.39. The number of benzene rings is 2. The molecule has 0 unspecified atom stereocenters. The number of anilines is 1. The summed E-state index contributed by atoms with van der Waals surface area (Å²) in [5, 5.41) is 3.49. The molecule has 2 aromatic carbocycles. The quantitative estimate of drug-likeness (QED) is 0.846. The second-order valence-corrected chi connectivity index (χ2v) is 5.39. The first-order valence-corrected chi connectivity index (χ1v) is 7.08. The standard InChI is InChI=1S/C18H23NO/c1-13(2)15-9-10-18(20-4)16(11-15)12-19-17-8-6-5-7-14(17)3/h5-11,13,19H,12H2,1-4H3. The highest BCUT2D eigenvalue weighted by molar-refractivity contribution is 5.51. The van der Waals surface area contributed by atoms with Crippen molar-refractivity contribution in [2.75, 3.05) is 12.4 Å². The number of nitrogens with one attached hydrogen (secondary N) is 1. The van der Waals surface area contributed by atoms with E-state index in [1.165, 1.54) is 22.4 Å². The molecule has 0 amide bonds. The average Bonchev–Trinajstić information content (AvgIpc) is 2.46. The fraction of sp³-hybridized carbons (Fsp3) is 0.333. The van der Waals surface area contributed by atoms with E-state index in [1.807, 2.05) is 0 Å². The second kappa shape index (κ2) is 6.47. The zero-order valence-electron chi connectivity index (χ0n) is 12.7. The molecule has 0 heterocycles. The molecule has 0 aliphatic heterocycles. The minimum atomic E-state index is 0.526. The molecule has 0 saturated heterocycles. The highest BCUT2D eigenvalue weighted by atomic mass is 16.5. The lowest BCUT2D eigenvalue weighted by Crippen LogP contribution is -2.04. The van der Waals surface area contributed by atoms with Gasteiger partial charge in [-0.2, -0.15) is 0 Å². The first-order chi connectivity index (χ1) is 9.61. The lowest BCUT2D eigenvalue weighted by atomic mass is 10.00. The Bertz CT molecular complexity index is 575. The summed E-state index contributed by atoms with van der Waals surface area (Å²) in [5.74, 6) is 1.47. The zero-order valence-corrected chi connectivity index (χ0v) is 12.7. The van der Waals surface area contributed by atoms with Crippen LogP contribution in [0.3, 0.4) is 0 Å². The molecule has 0 aliphatic rings. The van der Waals surface area contributed by atoms with Crippen molar-refractivity contribution in [2.45, 2.75) is 33.2 Å². The van der Waals surface area contributed by atoms with Crippen molar-refractivity contribution in [3.8, 4) is 5.75 Å². The van der Waals surface area contributed by atoms with Crippen LogP contribution in [0.5, 0.6) is 5.75 Å². The summed E-state index contributed by atoms with van der Waals surface area (Å²) in [7, 11) is 1.72. The summed E-state index contributed by atoms with van der Waals surface area (Å²) < 4.78 is 5.46. The van der Waals surface area contributed by atoms with Crippen molar-refractivity contribution in [1.82, 2.24) is 0 Å². The molecule has 0 fully saturated rings. The molecule has 2 aromatic rings. The Morgan fingerprint density at radius 1 is 1.10 bits per heavy atom. The van der Waals surface area contributed by atoms with Crippen molar-refractivity contribution in [1.29, 1.82) is 0 Å². The minimum Gasteiger partial charge on any atom is -0.496 e. The van der Waals surface area contributed by atoms with E-state index in [2.05, 4.69) is 68.6 Å². The number of aryl methyl sites for hydroxylation is 1. The van der Waals surface area contributed by atoms with Crippen LogP contribution in [0.25, 0.3) is 0 Å². The van der Waals surface area contributed by atoms with Gasteiger partial charge in [-0.15, -0.1) is 0 Å². The molecule has 0 radical (unpaired) electrons. The van der Waals surface area contributed by atoms with Gasteiger partial charge >= 0.3 is 0 Å². The first-order valence-electron chi connectivity index (χ1n) is 7.08. The van der Waals surface area contributed by atoms with Gasteiger partial charge in [-0.1, -0.05) is 44.2 Å². The Balaban J connectivity index is 2.19. The molecule has 0 aliphatic carbocycles. The van der Waals surface area contributed by atoms with Crippen LogP contribution in [-0.4, -0.2) is 7.11 Å². The van der Waals surface area contributed by atoms with Crippen LogP contribution in [0, 0.1) is 6.92 Å². The van der Waals surface area contributed by atoms with Crippen LogP contribution in [0.15, 0.2) is 42.5 Å². The smallest absolute Gasteiger partial charge is 0.123 e. The molecule has 20 heavy (non-hydrogen) atoms. The lowest BCUT2D eigenvalue weighted by molar-refractivity contribution is 0.410. The van der Waals surface area contributed by atoms with Crippen molar-refractivity contribution >= 4 is 5.69 Å². The molecule has 2 heteroatoms. The molecular formula is C18H23NO. The molecule has 1 N–H and O–H groups in total. The van der Waals surface area contributed by atoms with Crippen LogP contribution in [0.2, 0.25) is 0 Å². The van der Waals surface area contributed by atoms with Gasteiger partial charge in [0, 0.05) is 17.8 Å². The maximum atomic E-state index is 5.46. The van der Waals surface area contributed by atoms with Gasteiger partial charge in [-0.3, -0.25) is 0 Å². The highest BCUT2D eigenvalue weighted by Crippen LogP contribution is 2.25. The molecule has 0 saturated carbocycles. The zero-order chi connectivity index (χ0) is 14.5. The molecular weight excluding hydrogens is 246 g/mol. The molecule has 2 rings (SSSR count). The van der Waals surface area contributed by atoms with Gasteiger partial charge in [0.15, 0.2) is 0 Å². The van der Waals surface area contributed by atoms with Gasteiger partial charge in [0.05, 0.1) is 7.11 Å². The maximum absolute atomic E-state index is 5.46. The van der Waals surface area contributed by atoms with Crippen molar-refractivity contribution < 1.29 is 4.74 Å². The van der Waals surface area contributed by atoms with E-state index >= 15 is 0 Å². The van der Waals surface area contributed by atoms with Crippen LogP contribution < -0.4 is 10.1 Å². The van der Waals surface area contributed by atoms with E-state index in [1.54, 1.807) is 7.11 Å². The SMILES string of the molecule is COc1ccc(C(C)C)cc1CNc1ccccc1C. The third-order valence-electron chi connectivity index (χ3n) is 3.59. The van der Waals surface area contributed by atoms with Crippen LogP contribution in [0.4, 0.5) is 5.69 Å². The Hall–Kier alpha value is -1.96. The molecule has 2 nitrogen and oxygen atoms in total. The highest BCUT2D eigenvalue weighted by Gasteiger charge is 2.07. The summed E-state index contributed by atoms with van der Waals surface area (Å²) in [4.78, 5) is 0. The molecule has 0 bridgehead atoms. The molecule has 0 atom stereocenters. The van der Waals surface area contributed by atoms with Gasteiger partial charge in [0.1, 0.15) is 5.75 Å². The first kappa shape index (κ1) is 14.4. The normalized spacial score (nSPS) is 10.7. The summed E-state index contributed by atoms with van der Waals surface area (Å²) in [6.07, 6.45) is 0. The Kier molecular flexibility index (Phi) is 4.67. The van der Waals surface area contributed by atoms with E-state index in [0.717, 1.165) is 12.3 Å². The minimum absolute atomic E-state index is 0.526. The maximum Gasteiger partial charge on any atom is 0.123 e. The number of para-hydroxylation sites is 1. The number of methoxy groups -OCH3 is 1. The summed E-state index contributed by atoms with van der Waals surface area (Å²) in [6, 6.07) is 14.8. The average molecular weight is 269 g/mol. The van der Waals surface area contributed by atoms with Crippen molar-refractivity contribution in [2.24, 2.45) is 0 Å². The largest absolute Gasteiger partial charge is 0.496 e. The Labute approximate surface area is 121 Å². The molecule has 106 valence electrons. The summed E-state index contributed by atoms with van der Waals surface area (Å²) >= 11 is 0. The fourth-order valence-corrected chi connectivity index (χ4v) is 2.26. The Morgan fingerprint density at radius 2 is 1.85 bits per heavy atom. The third-order valence-corrected chi connectivity index (χ3v) is 3.59. The van der Waals surface area contributed by atoms with Crippen LogP contribution in [-0.2, 0) is 6.54 Å². The summed E-state index contributed by atoms with van der Waals surface area (Å²) in [5.41, 5.74) is 4.96. The molecule has 0 aromatic heterocycles. The van der Waals surface area contributed by atoms with Crippen LogP contribution in [0.1, 0.15) is 36.5 Å². The number of rotatable bonds is 5. The Morgan fingerprint density at radius 3 is 2.50 bits per heavy atom. The lowest BCUT2D eigenvalue weighted by Gasteiger charge is -2.15. The van der Waals surface area contributed by atoms with Gasteiger partial charge in [0.25, 0.3) is 0 Å². The third kappa shape index (κ3) is 3.32. The van der Waals surface area contributed by atoms with E-state index in [9.17, 15) is 0 Å². The van der Waals surface area contributed by atoms with Crippen molar-refractivity contribution in [3.63, 3.8) is 0 Å². The van der Waals surface area contributed by atoms with E-state index in [4.69, 9.17) is 4.74 Å². The summed E-state index contributed by atoms with van der Waals surface area (Å²) in [6.45, 7) is 7.30. The fourth-order valence-electron chi connectivity index (χ4n) is 2.26. The van der Waals surface area contributed by atoms with E-state index in [-0.39, 0.29) is 0 Å². The topological polar surface area (TPSA) is 21.3 Å². The van der Waals surface area contributed by atoms with Gasteiger partial charge in [-0.25, -0.2) is 0 Å². The van der Waals surface area contributed by atoms with E-state index in [0.29, 0.717) is 5.92 Å². The predicted octanol–water partition coefficient (Wildman–Crippen LogP) is 4.74. The van der Waals surface area contributed by atoms with Gasteiger partial charge < -0.3 is 10.1 Å².